The number of para-hydroxylation sites is 1. The summed E-state index contributed by atoms with van der Waals surface area (Å²) in [4.78, 5) is 11.9. The SMILES string of the molecule is Nc1cc(-c2cccc3c2OCCO3)sc1C(=O)O. The van der Waals surface area contributed by atoms with Crippen molar-refractivity contribution >= 4 is 23.0 Å². The Kier molecular flexibility index (Phi) is 2.79. The second kappa shape index (κ2) is 4.47. The first-order valence-electron chi connectivity index (χ1n) is 5.68. The number of aromatic carboxylic acids is 1. The lowest BCUT2D eigenvalue weighted by Gasteiger charge is -2.20. The molecule has 3 rings (SSSR count). The molecular weight excluding hydrogens is 266 g/mol. The van der Waals surface area contributed by atoms with Crippen LogP contribution in [0, 0.1) is 0 Å². The molecule has 0 saturated carbocycles. The highest BCUT2D eigenvalue weighted by molar-refractivity contribution is 7.18. The zero-order chi connectivity index (χ0) is 13.4. The Balaban J connectivity index is 2.12. The topological polar surface area (TPSA) is 81.8 Å². The van der Waals surface area contributed by atoms with Crippen molar-refractivity contribution in [2.75, 3.05) is 18.9 Å². The molecule has 0 amide bonds. The maximum Gasteiger partial charge on any atom is 0.348 e. The molecule has 0 atom stereocenters. The summed E-state index contributed by atoms with van der Waals surface area (Å²) in [5.41, 5.74) is 6.79. The first-order valence-corrected chi connectivity index (χ1v) is 6.50. The van der Waals surface area contributed by atoms with E-state index in [2.05, 4.69) is 0 Å². The summed E-state index contributed by atoms with van der Waals surface area (Å²) in [5, 5.41) is 9.04. The fourth-order valence-corrected chi connectivity index (χ4v) is 2.91. The second-order valence-corrected chi connectivity index (χ2v) is 5.08. The summed E-state index contributed by atoms with van der Waals surface area (Å²) in [6, 6.07) is 7.19. The molecule has 1 aliphatic rings. The molecule has 5 nitrogen and oxygen atoms in total. The van der Waals surface area contributed by atoms with Crippen LogP contribution in [0.4, 0.5) is 5.69 Å². The normalized spacial score (nSPS) is 13.3. The van der Waals surface area contributed by atoms with Crippen LogP contribution < -0.4 is 15.2 Å². The molecule has 0 spiro atoms. The van der Waals surface area contributed by atoms with E-state index in [1.807, 2.05) is 18.2 Å². The number of benzene rings is 1. The number of rotatable bonds is 2. The van der Waals surface area contributed by atoms with E-state index >= 15 is 0 Å². The van der Waals surface area contributed by atoms with Gasteiger partial charge in [0.2, 0.25) is 0 Å². The van der Waals surface area contributed by atoms with E-state index in [4.69, 9.17) is 20.3 Å². The van der Waals surface area contributed by atoms with Gasteiger partial charge in [-0.25, -0.2) is 4.79 Å². The van der Waals surface area contributed by atoms with Crippen LogP contribution in [0.25, 0.3) is 10.4 Å². The van der Waals surface area contributed by atoms with Gasteiger partial charge in [0.1, 0.15) is 18.1 Å². The molecule has 0 aliphatic carbocycles. The quantitative estimate of drug-likeness (QED) is 0.881. The Labute approximate surface area is 113 Å². The van der Waals surface area contributed by atoms with Gasteiger partial charge < -0.3 is 20.3 Å². The largest absolute Gasteiger partial charge is 0.486 e. The number of hydrogen-bond donors (Lipinski definition) is 2. The average Bonchev–Trinajstić information content (AvgIpc) is 2.80. The minimum Gasteiger partial charge on any atom is -0.486 e. The van der Waals surface area contributed by atoms with E-state index in [-0.39, 0.29) is 10.6 Å². The van der Waals surface area contributed by atoms with Gasteiger partial charge in [-0.3, -0.25) is 0 Å². The van der Waals surface area contributed by atoms with Crippen molar-refractivity contribution in [1.29, 1.82) is 0 Å². The molecule has 0 bridgehead atoms. The van der Waals surface area contributed by atoms with Gasteiger partial charge in [0.05, 0.1) is 5.69 Å². The van der Waals surface area contributed by atoms with E-state index in [9.17, 15) is 4.79 Å². The molecule has 98 valence electrons. The van der Waals surface area contributed by atoms with Crippen LogP contribution in [0.5, 0.6) is 11.5 Å². The van der Waals surface area contributed by atoms with Crippen LogP contribution in [0.2, 0.25) is 0 Å². The summed E-state index contributed by atoms with van der Waals surface area (Å²) in [7, 11) is 0. The van der Waals surface area contributed by atoms with Crippen LogP contribution in [0.15, 0.2) is 24.3 Å². The molecule has 2 heterocycles. The highest BCUT2D eigenvalue weighted by atomic mass is 32.1. The number of thiophene rings is 1. The first kappa shape index (κ1) is 11.9. The van der Waals surface area contributed by atoms with Gasteiger partial charge >= 0.3 is 5.97 Å². The highest BCUT2D eigenvalue weighted by Crippen LogP contribution is 2.43. The molecule has 3 N–H and O–H groups in total. The summed E-state index contributed by atoms with van der Waals surface area (Å²) in [6.07, 6.45) is 0. The van der Waals surface area contributed by atoms with Gasteiger partial charge in [0, 0.05) is 10.4 Å². The fourth-order valence-electron chi connectivity index (χ4n) is 1.97. The van der Waals surface area contributed by atoms with Crippen LogP contribution in [-0.4, -0.2) is 24.3 Å². The molecule has 1 aliphatic heterocycles. The van der Waals surface area contributed by atoms with Crippen molar-refractivity contribution in [3.8, 4) is 21.9 Å². The first-order chi connectivity index (χ1) is 9.16. The minimum absolute atomic E-state index is 0.143. The summed E-state index contributed by atoms with van der Waals surface area (Å²) in [5.74, 6) is 0.301. The maximum absolute atomic E-state index is 11.0. The number of fused-ring (bicyclic) bond motifs is 1. The molecular formula is C13H11NO4S. The number of nitrogens with two attached hydrogens (primary N) is 1. The standard InChI is InChI=1S/C13H11NO4S/c14-8-6-10(19-12(8)13(15)16)7-2-1-3-9-11(7)18-5-4-17-9/h1-3,6H,4-5,14H2,(H,15,16). The monoisotopic (exact) mass is 277 g/mol. The van der Waals surface area contributed by atoms with Crippen molar-refractivity contribution in [2.24, 2.45) is 0 Å². The number of hydrogen-bond acceptors (Lipinski definition) is 5. The molecule has 0 unspecified atom stereocenters. The molecule has 1 aromatic carbocycles. The highest BCUT2D eigenvalue weighted by Gasteiger charge is 2.20. The van der Waals surface area contributed by atoms with E-state index in [1.54, 1.807) is 6.07 Å². The Hall–Kier alpha value is -2.21. The predicted octanol–water partition coefficient (Wildman–Crippen LogP) is 2.47. The number of carbonyl (C=O) groups is 1. The molecule has 6 heteroatoms. The molecule has 0 radical (unpaired) electrons. The van der Waals surface area contributed by atoms with Crippen molar-refractivity contribution < 1.29 is 19.4 Å². The Morgan fingerprint density at radius 1 is 1.32 bits per heavy atom. The summed E-state index contributed by atoms with van der Waals surface area (Å²) < 4.78 is 11.1. The summed E-state index contributed by atoms with van der Waals surface area (Å²) in [6.45, 7) is 1.00. The lowest BCUT2D eigenvalue weighted by Crippen LogP contribution is -2.15. The van der Waals surface area contributed by atoms with Gasteiger partial charge in [-0.15, -0.1) is 11.3 Å². The number of ether oxygens (including phenoxy) is 2. The maximum atomic E-state index is 11.0. The van der Waals surface area contributed by atoms with Crippen LogP contribution in [-0.2, 0) is 0 Å². The van der Waals surface area contributed by atoms with E-state index in [1.165, 1.54) is 0 Å². The molecule has 19 heavy (non-hydrogen) atoms. The van der Waals surface area contributed by atoms with E-state index in [0.29, 0.717) is 24.7 Å². The van der Waals surface area contributed by atoms with Crippen molar-refractivity contribution in [1.82, 2.24) is 0 Å². The molecule has 1 aromatic heterocycles. The number of carboxylic acids is 1. The third-order valence-electron chi connectivity index (χ3n) is 2.79. The smallest absolute Gasteiger partial charge is 0.348 e. The molecule has 0 saturated heterocycles. The van der Waals surface area contributed by atoms with Gasteiger partial charge in [-0.2, -0.15) is 0 Å². The third kappa shape index (κ3) is 2.00. The van der Waals surface area contributed by atoms with Crippen molar-refractivity contribution in [3.05, 3.63) is 29.1 Å². The van der Waals surface area contributed by atoms with Gasteiger partial charge in [0.25, 0.3) is 0 Å². The number of anilines is 1. The zero-order valence-electron chi connectivity index (χ0n) is 9.88. The van der Waals surface area contributed by atoms with Crippen LogP contribution in [0.1, 0.15) is 9.67 Å². The summed E-state index contributed by atoms with van der Waals surface area (Å²) >= 11 is 1.13. The zero-order valence-corrected chi connectivity index (χ0v) is 10.7. The number of nitrogen functional groups attached to an aromatic ring is 1. The van der Waals surface area contributed by atoms with Crippen molar-refractivity contribution in [2.45, 2.75) is 0 Å². The van der Waals surface area contributed by atoms with Crippen molar-refractivity contribution in [3.63, 3.8) is 0 Å². The van der Waals surface area contributed by atoms with Gasteiger partial charge in [0.15, 0.2) is 11.5 Å². The van der Waals surface area contributed by atoms with Crippen LogP contribution in [0.3, 0.4) is 0 Å². The Morgan fingerprint density at radius 3 is 2.84 bits per heavy atom. The average molecular weight is 277 g/mol. The minimum atomic E-state index is -1.02. The lowest BCUT2D eigenvalue weighted by atomic mass is 10.1. The second-order valence-electron chi connectivity index (χ2n) is 4.03. The van der Waals surface area contributed by atoms with E-state index < -0.39 is 5.97 Å². The van der Waals surface area contributed by atoms with Crippen LogP contribution >= 0.6 is 11.3 Å². The lowest BCUT2D eigenvalue weighted by molar-refractivity contribution is 0.0703. The van der Waals surface area contributed by atoms with Gasteiger partial charge in [-0.05, 0) is 18.2 Å². The molecule has 2 aromatic rings. The Bertz CT molecular complexity index is 650. The van der Waals surface area contributed by atoms with E-state index in [0.717, 1.165) is 21.8 Å². The number of carboxylic acid groups (broad SMARTS) is 1. The third-order valence-corrected chi connectivity index (χ3v) is 3.96. The Morgan fingerprint density at radius 2 is 2.11 bits per heavy atom. The van der Waals surface area contributed by atoms with Gasteiger partial charge in [-0.1, -0.05) is 6.07 Å². The molecule has 0 fully saturated rings. The fraction of sp³-hybridized carbons (Fsp3) is 0.154. The predicted molar refractivity (Wildman–Crippen MR) is 72.1 cm³/mol.